The fourth-order valence-electron chi connectivity index (χ4n) is 3.25. The molecule has 116 valence electrons. The van der Waals surface area contributed by atoms with E-state index in [-0.39, 0.29) is 29.5 Å². The topological polar surface area (TPSA) is 43.4 Å². The summed E-state index contributed by atoms with van der Waals surface area (Å²) >= 11 is 12.2. The van der Waals surface area contributed by atoms with Crippen LogP contribution in [0.25, 0.3) is 0 Å². The maximum Gasteiger partial charge on any atom is 0.311 e. The van der Waals surface area contributed by atoms with Gasteiger partial charge < -0.3 is 4.74 Å². The minimum absolute atomic E-state index is 0.0368. The van der Waals surface area contributed by atoms with Crippen LogP contribution in [0.2, 0.25) is 10.0 Å². The van der Waals surface area contributed by atoms with Crippen molar-refractivity contribution in [2.75, 3.05) is 0 Å². The normalized spacial score (nSPS) is 24.1. The van der Waals surface area contributed by atoms with Crippen LogP contribution in [-0.2, 0) is 14.3 Å². The fourth-order valence-corrected chi connectivity index (χ4v) is 3.80. The summed E-state index contributed by atoms with van der Waals surface area (Å²) in [5, 5.41) is 0.995. The van der Waals surface area contributed by atoms with E-state index >= 15 is 0 Å². The zero-order valence-corrected chi connectivity index (χ0v) is 13.9. The number of hydrogen-bond acceptors (Lipinski definition) is 3. The molecular formula is C17H16Cl2O3. The zero-order valence-electron chi connectivity index (χ0n) is 12.4. The largest absolute Gasteiger partial charge is 0.431 e. The molecule has 0 bridgehead atoms. The molecular weight excluding hydrogens is 323 g/mol. The van der Waals surface area contributed by atoms with Gasteiger partial charge in [0.25, 0.3) is 0 Å². The lowest BCUT2D eigenvalue weighted by atomic mass is 9.71. The fraction of sp³-hybridized carbons (Fsp3) is 0.412. The molecule has 0 N–H and O–H groups in total. The first kappa shape index (κ1) is 15.6. The van der Waals surface area contributed by atoms with Crippen LogP contribution in [0, 0.1) is 5.41 Å². The highest BCUT2D eigenvalue weighted by Gasteiger charge is 2.42. The molecule has 0 saturated carbocycles. The van der Waals surface area contributed by atoms with Gasteiger partial charge in [0.2, 0.25) is 0 Å². The van der Waals surface area contributed by atoms with Crippen LogP contribution in [-0.4, -0.2) is 11.8 Å². The van der Waals surface area contributed by atoms with E-state index in [1.807, 2.05) is 13.8 Å². The van der Waals surface area contributed by atoms with Crippen LogP contribution in [0.3, 0.4) is 0 Å². The maximum absolute atomic E-state index is 12.6. The lowest BCUT2D eigenvalue weighted by Gasteiger charge is -2.36. The van der Waals surface area contributed by atoms with E-state index < -0.39 is 0 Å². The van der Waals surface area contributed by atoms with Crippen molar-refractivity contribution in [3.63, 3.8) is 0 Å². The van der Waals surface area contributed by atoms with Crippen molar-refractivity contribution in [3.05, 3.63) is 45.1 Å². The van der Waals surface area contributed by atoms with E-state index in [0.717, 1.165) is 5.56 Å². The molecule has 0 saturated heterocycles. The first-order valence-electron chi connectivity index (χ1n) is 7.19. The molecule has 1 aliphatic heterocycles. The Labute approximate surface area is 139 Å². The third-order valence-electron chi connectivity index (χ3n) is 4.17. The Morgan fingerprint density at radius 1 is 1.18 bits per heavy atom. The lowest BCUT2D eigenvalue weighted by Crippen LogP contribution is -2.34. The molecule has 0 fully saturated rings. The molecule has 1 aromatic rings. The third-order valence-corrected chi connectivity index (χ3v) is 4.74. The Morgan fingerprint density at radius 3 is 2.59 bits per heavy atom. The molecule has 1 atom stereocenters. The first-order chi connectivity index (χ1) is 10.3. The number of benzene rings is 1. The highest BCUT2D eigenvalue weighted by molar-refractivity contribution is 6.35. The van der Waals surface area contributed by atoms with Crippen molar-refractivity contribution in [1.82, 2.24) is 0 Å². The van der Waals surface area contributed by atoms with Crippen LogP contribution < -0.4 is 0 Å². The van der Waals surface area contributed by atoms with Crippen LogP contribution in [0.4, 0.5) is 0 Å². The van der Waals surface area contributed by atoms with Crippen molar-refractivity contribution >= 4 is 35.0 Å². The summed E-state index contributed by atoms with van der Waals surface area (Å²) in [4.78, 5) is 24.6. The van der Waals surface area contributed by atoms with E-state index in [1.54, 1.807) is 18.2 Å². The van der Waals surface area contributed by atoms with E-state index in [2.05, 4.69) is 0 Å². The van der Waals surface area contributed by atoms with E-state index in [9.17, 15) is 9.59 Å². The monoisotopic (exact) mass is 338 g/mol. The summed E-state index contributed by atoms with van der Waals surface area (Å²) in [6, 6.07) is 5.14. The molecule has 0 spiro atoms. The molecule has 1 unspecified atom stereocenters. The Balaban J connectivity index is 2.11. The summed E-state index contributed by atoms with van der Waals surface area (Å²) in [6.45, 7) is 4.00. The summed E-state index contributed by atoms with van der Waals surface area (Å²) in [7, 11) is 0. The van der Waals surface area contributed by atoms with Crippen molar-refractivity contribution < 1.29 is 14.3 Å². The Bertz CT molecular complexity index is 704. The van der Waals surface area contributed by atoms with Crippen molar-refractivity contribution in [2.45, 2.75) is 39.0 Å². The summed E-state index contributed by atoms with van der Waals surface area (Å²) in [6.07, 6.45) is 1.17. The van der Waals surface area contributed by atoms with Gasteiger partial charge in [0.1, 0.15) is 5.76 Å². The summed E-state index contributed by atoms with van der Waals surface area (Å²) in [5.74, 6) is -0.117. The van der Waals surface area contributed by atoms with Gasteiger partial charge in [-0.3, -0.25) is 9.59 Å². The Hall–Kier alpha value is -1.32. The standard InChI is InChI=1S/C17H16Cl2O3/c1-17(2)7-13(20)16-11(6-15(21)22-14(16)8-17)10-4-3-9(18)5-12(10)19/h3-5,11H,6-8H2,1-2H3. The zero-order chi connectivity index (χ0) is 16.1. The number of halogens is 2. The van der Waals surface area contributed by atoms with Gasteiger partial charge >= 0.3 is 5.97 Å². The second-order valence-electron chi connectivity index (χ2n) is 6.67. The predicted molar refractivity (Wildman–Crippen MR) is 85.0 cm³/mol. The van der Waals surface area contributed by atoms with E-state index in [4.69, 9.17) is 27.9 Å². The van der Waals surface area contributed by atoms with Crippen LogP contribution in [0.5, 0.6) is 0 Å². The molecule has 3 rings (SSSR count). The summed E-state index contributed by atoms with van der Waals surface area (Å²) in [5.41, 5.74) is 1.16. The molecule has 0 radical (unpaired) electrons. The third kappa shape index (κ3) is 2.80. The van der Waals surface area contributed by atoms with Crippen LogP contribution in [0.1, 0.15) is 44.6 Å². The summed E-state index contributed by atoms with van der Waals surface area (Å²) < 4.78 is 5.36. The number of allylic oxidation sites excluding steroid dienone is 2. The second kappa shape index (κ2) is 5.39. The number of ketones is 1. The molecule has 3 nitrogen and oxygen atoms in total. The SMILES string of the molecule is CC1(C)CC(=O)C2=C(C1)OC(=O)CC2c1ccc(Cl)cc1Cl. The van der Waals surface area contributed by atoms with Gasteiger partial charge in [-0.25, -0.2) is 0 Å². The number of carbonyl (C=O) groups is 2. The van der Waals surface area contributed by atoms with Crippen molar-refractivity contribution in [2.24, 2.45) is 5.41 Å². The van der Waals surface area contributed by atoms with E-state index in [1.165, 1.54) is 0 Å². The van der Waals surface area contributed by atoms with Gasteiger partial charge in [-0.2, -0.15) is 0 Å². The predicted octanol–water partition coefficient (Wildman–Crippen LogP) is 4.67. The van der Waals surface area contributed by atoms with Gasteiger partial charge in [0.05, 0.1) is 6.42 Å². The first-order valence-corrected chi connectivity index (χ1v) is 7.94. The number of ether oxygens (including phenoxy) is 1. The number of esters is 1. The highest BCUT2D eigenvalue weighted by atomic mass is 35.5. The van der Waals surface area contributed by atoms with E-state index in [0.29, 0.717) is 34.2 Å². The number of hydrogen-bond donors (Lipinski definition) is 0. The average molecular weight is 339 g/mol. The molecule has 5 heteroatoms. The van der Waals surface area contributed by atoms with Gasteiger partial charge in [0, 0.05) is 34.4 Å². The molecule has 2 aliphatic rings. The van der Waals surface area contributed by atoms with Crippen molar-refractivity contribution in [3.8, 4) is 0 Å². The number of rotatable bonds is 1. The smallest absolute Gasteiger partial charge is 0.311 e. The minimum Gasteiger partial charge on any atom is -0.431 e. The highest BCUT2D eigenvalue weighted by Crippen LogP contribution is 2.47. The minimum atomic E-state index is -0.343. The second-order valence-corrected chi connectivity index (χ2v) is 7.52. The Morgan fingerprint density at radius 2 is 1.91 bits per heavy atom. The Kier molecular flexibility index (Phi) is 3.82. The lowest BCUT2D eigenvalue weighted by molar-refractivity contribution is -0.142. The van der Waals surface area contributed by atoms with Gasteiger partial charge in [-0.05, 0) is 23.1 Å². The molecule has 22 heavy (non-hydrogen) atoms. The van der Waals surface area contributed by atoms with Crippen molar-refractivity contribution in [1.29, 1.82) is 0 Å². The van der Waals surface area contributed by atoms with Gasteiger partial charge in [0.15, 0.2) is 5.78 Å². The van der Waals surface area contributed by atoms with Gasteiger partial charge in [-0.1, -0.05) is 43.1 Å². The van der Waals surface area contributed by atoms with Gasteiger partial charge in [-0.15, -0.1) is 0 Å². The molecule has 1 aliphatic carbocycles. The molecule has 0 aromatic heterocycles. The molecule has 0 amide bonds. The number of carbonyl (C=O) groups excluding carboxylic acids is 2. The number of Topliss-reactive ketones (excluding diaryl/α,β-unsaturated/α-hetero) is 1. The molecule has 1 aromatic carbocycles. The average Bonchev–Trinajstić information content (AvgIpc) is 2.35. The maximum atomic E-state index is 12.6. The van der Waals surface area contributed by atoms with Crippen LogP contribution >= 0.6 is 23.2 Å². The van der Waals surface area contributed by atoms with Crippen LogP contribution in [0.15, 0.2) is 29.5 Å². The quantitative estimate of drug-likeness (QED) is 0.699. The molecule has 1 heterocycles.